The van der Waals surface area contributed by atoms with Crippen molar-refractivity contribution in [3.05, 3.63) is 48.0 Å². The minimum absolute atomic E-state index is 0.0108. The molecule has 3 aliphatic rings. The molecule has 0 radical (unpaired) electrons. The van der Waals surface area contributed by atoms with E-state index >= 15 is 0 Å². The Labute approximate surface area is 196 Å². The molecule has 2 aromatic rings. The summed E-state index contributed by atoms with van der Waals surface area (Å²) >= 11 is 1.91. The fourth-order valence-corrected chi connectivity index (χ4v) is 5.91. The predicted molar refractivity (Wildman–Crippen MR) is 126 cm³/mol. The van der Waals surface area contributed by atoms with Gasteiger partial charge < -0.3 is 30.2 Å². The van der Waals surface area contributed by atoms with Crippen LogP contribution in [0.3, 0.4) is 0 Å². The minimum atomic E-state index is -0.0572. The van der Waals surface area contributed by atoms with Crippen molar-refractivity contribution in [3.63, 3.8) is 0 Å². The summed E-state index contributed by atoms with van der Waals surface area (Å²) < 4.78 is 16.6. The average molecular weight is 470 g/mol. The molecule has 0 unspecified atom stereocenters. The van der Waals surface area contributed by atoms with Crippen LogP contribution in [0.15, 0.2) is 42.5 Å². The number of benzene rings is 2. The molecular weight excluding hydrogens is 442 g/mol. The van der Waals surface area contributed by atoms with Crippen LogP contribution in [0.4, 0.5) is 10.5 Å². The number of unbranched alkanes of at least 4 members (excludes halogenated alkanes) is 1. The third-order valence-corrected chi connectivity index (χ3v) is 7.55. The van der Waals surface area contributed by atoms with Gasteiger partial charge in [-0.2, -0.15) is 11.8 Å². The van der Waals surface area contributed by atoms with Crippen LogP contribution < -0.4 is 30.2 Å². The van der Waals surface area contributed by atoms with Crippen molar-refractivity contribution < 1.29 is 23.8 Å². The second-order valence-corrected chi connectivity index (χ2v) is 9.69. The smallest absolute Gasteiger partial charge is 0.315 e. The highest BCUT2D eigenvalue weighted by Crippen LogP contribution is 2.35. The van der Waals surface area contributed by atoms with Gasteiger partial charge in [-0.05, 0) is 42.7 Å². The van der Waals surface area contributed by atoms with Gasteiger partial charge in [0.15, 0.2) is 11.5 Å². The Morgan fingerprint density at radius 2 is 2.03 bits per heavy atom. The molecule has 3 amide bonds. The maximum absolute atomic E-state index is 12.4. The lowest BCUT2D eigenvalue weighted by molar-refractivity contribution is -0.116. The summed E-state index contributed by atoms with van der Waals surface area (Å²) in [5.41, 5.74) is 1.73. The van der Waals surface area contributed by atoms with Crippen LogP contribution in [0, 0.1) is 0 Å². The summed E-state index contributed by atoms with van der Waals surface area (Å²) in [5.74, 6) is 3.08. The third-order valence-electron chi connectivity index (χ3n) is 6.04. The summed E-state index contributed by atoms with van der Waals surface area (Å²) in [6, 6.07) is 13.6. The second kappa shape index (κ2) is 9.82. The molecule has 2 fully saturated rings. The molecule has 2 saturated heterocycles. The van der Waals surface area contributed by atoms with Gasteiger partial charge in [-0.1, -0.05) is 18.6 Å². The van der Waals surface area contributed by atoms with Gasteiger partial charge in [0.25, 0.3) is 0 Å². The van der Waals surface area contributed by atoms with Gasteiger partial charge in [-0.3, -0.25) is 4.79 Å². The zero-order chi connectivity index (χ0) is 22.6. The number of urea groups is 1. The number of thioether (sulfide) groups is 1. The fourth-order valence-electron chi connectivity index (χ4n) is 4.37. The first-order valence-electron chi connectivity index (χ1n) is 11.2. The standard InChI is InChI=1S/C24H27N3O5S/c28-22(7-2-1-6-21-23-18(13-33-21)26-24(29)27-23)25-16-5-3-4-15(10-16)12-30-17-8-9-19-20(11-17)32-14-31-19/h3-5,8-11,18,21,23H,1-2,6-7,12-14H2,(H,25,28)(H2,26,27,29)/t18-,21-,23-/m0/s1. The first-order valence-corrected chi connectivity index (χ1v) is 12.3. The Balaban J connectivity index is 1.04. The maximum Gasteiger partial charge on any atom is 0.315 e. The number of carbonyl (C=O) groups excluding carboxylic acids is 2. The van der Waals surface area contributed by atoms with E-state index in [1.807, 2.05) is 54.2 Å². The highest BCUT2D eigenvalue weighted by Gasteiger charge is 2.42. The number of hydrogen-bond donors (Lipinski definition) is 3. The molecule has 3 heterocycles. The van der Waals surface area contributed by atoms with E-state index < -0.39 is 0 Å². The summed E-state index contributed by atoms with van der Waals surface area (Å²) in [6.07, 6.45) is 3.28. The number of ether oxygens (including phenoxy) is 3. The topological polar surface area (TPSA) is 97.9 Å². The van der Waals surface area contributed by atoms with Crippen molar-refractivity contribution in [2.24, 2.45) is 0 Å². The Morgan fingerprint density at radius 1 is 1.12 bits per heavy atom. The van der Waals surface area contributed by atoms with Gasteiger partial charge in [0.2, 0.25) is 12.7 Å². The lowest BCUT2D eigenvalue weighted by Crippen LogP contribution is -2.36. The van der Waals surface area contributed by atoms with E-state index in [1.54, 1.807) is 0 Å². The van der Waals surface area contributed by atoms with E-state index in [4.69, 9.17) is 14.2 Å². The van der Waals surface area contributed by atoms with E-state index in [1.165, 1.54) is 0 Å². The molecule has 3 atom stereocenters. The molecule has 2 aromatic carbocycles. The van der Waals surface area contributed by atoms with E-state index in [0.717, 1.165) is 42.0 Å². The number of amides is 3. The van der Waals surface area contributed by atoms with Crippen molar-refractivity contribution in [2.75, 3.05) is 17.9 Å². The number of hydrogen-bond acceptors (Lipinski definition) is 6. The predicted octanol–water partition coefficient (Wildman–Crippen LogP) is 3.66. The first-order chi connectivity index (χ1) is 16.1. The molecule has 174 valence electrons. The molecular formula is C24H27N3O5S. The van der Waals surface area contributed by atoms with Crippen LogP contribution in [0.25, 0.3) is 0 Å². The molecule has 9 heteroatoms. The summed E-state index contributed by atoms with van der Waals surface area (Å²) in [6.45, 7) is 0.618. The Hall–Kier alpha value is -3.07. The SMILES string of the molecule is O=C(CCCC[C@@H]1SC[C@@H]2NC(=O)N[C@@H]21)Nc1cccc(COc2ccc3c(c2)OCO3)c1. The number of nitrogens with one attached hydrogen (secondary N) is 3. The van der Waals surface area contributed by atoms with E-state index in [-0.39, 0.29) is 30.8 Å². The van der Waals surface area contributed by atoms with Crippen molar-refractivity contribution >= 4 is 29.4 Å². The van der Waals surface area contributed by atoms with Crippen LogP contribution in [-0.2, 0) is 11.4 Å². The number of fused-ring (bicyclic) bond motifs is 2. The zero-order valence-corrected chi connectivity index (χ0v) is 19.0. The van der Waals surface area contributed by atoms with E-state index in [9.17, 15) is 9.59 Å². The van der Waals surface area contributed by atoms with Crippen molar-refractivity contribution in [1.29, 1.82) is 0 Å². The molecule has 0 spiro atoms. The Kier molecular flexibility index (Phi) is 6.48. The number of carbonyl (C=O) groups is 2. The van der Waals surface area contributed by atoms with Crippen molar-refractivity contribution in [2.45, 2.75) is 49.6 Å². The third kappa shape index (κ3) is 5.30. The molecule has 0 aliphatic carbocycles. The normalized spacial score (nSPS) is 22.4. The Morgan fingerprint density at radius 3 is 2.97 bits per heavy atom. The van der Waals surface area contributed by atoms with Crippen LogP contribution in [0.2, 0.25) is 0 Å². The summed E-state index contributed by atoms with van der Waals surface area (Å²) in [5, 5.41) is 9.38. The quantitative estimate of drug-likeness (QED) is 0.383. The van der Waals surface area contributed by atoms with Gasteiger partial charge in [-0.15, -0.1) is 0 Å². The van der Waals surface area contributed by atoms with Crippen LogP contribution in [0.1, 0.15) is 31.2 Å². The van der Waals surface area contributed by atoms with Gasteiger partial charge in [-0.25, -0.2) is 4.79 Å². The molecule has 0 saturated carbocycles. The van der Waals surface area contributed by atoms with Crippen LogP contribution in [0.5, 0.6) is 17.2 Å². The molecule has 8 nitrogen and oxygen atoms in total. The number of anilines is 1. The zero-order valence-electron chi connectivity index (χ0n) is 18.2. The second-order valence-electron chi connectivity index (χ2n) is 8.42. The highest BCUT2D eigenvalue weighted by atomic mass is 32.2. The molecule has 5 rings (SSSR count). The van der Waals surface area contributed by atoms with Gasteiger partial charge >= 0.3 is 6.03 Å². The molecule has 0 bridgehead atoms. The molecule has 0 aromatic heterocycles. The van der Waals surface area contributed by atoms with Crippen molar-refractivity contribution in [1.82, 2.24) is 10.6 Å². The summed E-state index contributed by atoms with van der Waals surface area (Å²) in [7, 11) is 0. The first kappa shape index (κ1) is 21.8. The highest BCUT2D eigenvalue weighted by molar-refractivity contribution is 8.00. The number of rotatable bonds is 9. The van der Waals surface area contributed by atoms with Gasteiger partial charge in [0.05, 0.1) is 12.1 Å². The minimum Gasteiger partial charge on any atom is -0.489 e. The largest absolute Gasteiger partial charge is 0.489 e. The molecule has 33 heavy (non-hydrogen) atoms. The van der Waals surface area contributed by atoms with Crippen LogP contribution in [-0.4, -0.2) is 41.8 Å². The lowest BCUT2D eigenvalue weighted by atomic mass is 10.0. The Bertz CT molecular complexity index is 1030. The molecule has 3 N–H and O–H groups in total. The lowest BCUT2D eigenvalue weighted by Gasteiger charge is -2.16. The van der Waals surface area contributed by atoms with E-state index in [0.29, 0.717) is 29.8 Å². The molecule has 3 aliphatic heterocycles. The monoisotopic (exact) mass is 469 g/mol. The van der Waals surface area contributed by atoms with Crippen LogP contribution >= 0.6 is 11.8 Å². The van der Waals surface area contributed by atoms with Crippen molar-refractivity contribution in [3.8, 4) is 17.2 Å². The van der Waals surface area contributed by atoms with Gasteiger partial charge in [0.1, 0.15) is 12.4 Å². The average Bonchev–Trinajstić information content (AvgIpc) is 3.51. The van der Waals surface area contributed by atoms with Gasteiger partial charge in [0, 0.05) is 29.2 Å². The summed E-state index contributed by atoms with van der Waals surface area (Å²) in [4.78, 5) is 23.9. The maximum atomic E-state index is 12.4. The van der Waals surface area contributed by atoms with E-state index in [2.05, 4.69) is 16.0 Å². The fraction of sp³-hybridized carbons (Fsp3) is 0.417.